The maximum Gasteiger partial charge on any atom is 0.335 e. The quantitative estimate of drug-likeness (QED) is 0.428. The van der Waals surface area contributed by atoms with E-state index in [1.165, 1.54) is 12.1 Å². The second kappa shape index (κ2) is 8.93. The second-order valence-electron chi connectivity index (χ2n) is 7.69. The van der Waals surface area contributed by atoms with Gasteiger partial charge in [0, 0.05) is 17.5 Å². The Kier molecular flexibility index (Phi) is 6.22. The molecule has 10 heteroatoms. The van der Waals surface area contributed by atoms with Crippen molar-refractivity contribution in [2.45, 2.75) is 42.7 Å². The predicted molar refractivity (Wildman–Crippen MR) is 108 cm³/mol. The van der Waals surface area contributed by atoms with Gasteiger partial charge in [-0.15, -0.1) is 0 Å². The largest absolute Gasteiger partial charge is 0.497 e. The third-order valence-electron chi connectivity index (χ3n) is 5.71. The summed E-state index contributed by atoms with van der Waals surface area (Å²) in [7, 11) is 1.57. The molecule has 172 valence electrons. The summed E-state index contributed by atoms with van der Waals surface area (Å²) in [5.41, 5.74) is 1.42. The Balaban J connectivity index is 1.50. The lowest BCUT2D eigenvalue weighted by Gasteiger charge is -2.38. The smallest absolute Gasteiger partial charge is 0.335 e. The molecule has 0 aliphatic carbocycles. The van der Waals surface area contributed by atoms with E-state index in [2.05, 4.69) is 0 Å². The molecule has 32 heavy (non-hydrogen) atoms. The first-order valence-corrected chi connectivity index (χ1v) is 9.98. The zero-order valence-electron chi connectivity index (χ0n) is 17.1. The third-order valence-corrected chi connectivity index (χ3v) is 5.71. The number of benzene rings is 2. The number of aliphatic hydroxyl groups excluding tert-OH is 4. The first-order valence-electron chi connectivity index (χ1n) is 9.98. The van der Waals surface area contributed by atoms with Crippen molar-refractivity contribution < 1.29 is 49.3 Å². The summed E-state index contributed by atoms with van der Waals surface area (Å²) in [6, 6.07) is 11.9. The fourth-order valence-electron chi connectivity index (χ4n) is 3.86. The van der Waals surface area contributed by atoms with Gasteiger partial charge in [-0.2, -0.15) is 0 Å². The van der Waals surface area contributed by atoms with Crippen LogP contribution in [-0.2, 0) is 9.53 Å². The summed E-state index contributed by atoms with van der Waals surface area (Å²) in [5, 5.41) is 49.8. The molecule has 2 aromatic rings. The van der Waals surface area contributed by atoms with Crippen molar-refractivity contribution in [2.75, 3.05) is 13.7 Å². The number of aliphatic hydroxyl groups is 4. The van der Waals surface area contributed by atoms with Crippen molar-refractivity contribution in [2.24, 2.45) is 0 Å². The summed E-state index contributed by atoms with van der Waals surface area (Å²) < 4.78 is 21.6. The van der Waals surface area contributed by atoms with Crippen molar-refractivity contribution >= 4 is 5.97 Å². The number of carboxylic acid groups (broad SMARTS) is 1. The fraction of sp³-hybridized carbons (Fsp3) is 0.409. The molecule has 0 bridgehead atoms. The highest BCUT2D eigenvalue weighted by atomic mass is 16.7. The predicted octanol–water partition coefficient (Wildman–Crippen LogP) is 0.176. The molecule has 7 unspecified atom stereocenters. The van der Waals surface area contributed by atoms with Crippen LogP contribution in [0.1, 0.15) is 23.1 Å². The highest BCUT2D eigenvalue weighted by Gasteiger charge is 2.48. The van der Waals surface area contributed by atoms with Crippen LogP contribution >= 0.6 is 0 Å². The number of rotatable bonds is 5. The molecule has 2 aliphatic rings. The molecule has 1 saturated heterocycles. The maximum absolute atomic E-state index is 11.2. The molecule has 0 spiro atoms. The third kappa shape index (κ3) is 4.10. The lowest BCUT2D eigenvalue weighted by molar-refractivity contribution is -0.271. The minimum Gasteiger partial charge on any atom is -0.497 e. The van der Waals surface area contributed by atoms with E-state index in [9.17, 15) is 25.2 Å². The summed E-state index contributed by atoms with van der Waals surface area (Å²) in [6.45, 7) is 0.207. The highest BCUT2D eigenvalue weighted by Crippen LogP contribution is 2.42. The fourth-order valence-corrected chi connectivity index (χ4v) is 3.86. The lowest BCUT2D eigenvalue weighted by Crippen LogP contribution is -2.61. The number of carbonyl (C=O) groups is 1. The minimum absolute atomic E-state index is 0.163. The average molecular weight is 448 g/mol. The molecular formula is C22H24O10. The Labute approximate surface area is 183 Å². The Hall–Kier alpha value is -2.89. The molecule has 7 atom stereocenters. The first kappa shape index (κ1) is 22.3. The number of hydrogen-bond donors (Lipinski definition) is 5. The number of ether oxygens (including phenoxy) is 4. The first-order chi connectivity index (χ1) is 15.3. The molecule has 0 aromatic heterocycles. The monoisotopic (exact) mass is 448 g/mol. The molecule has 2 heterocycles. The van der Waals surface area contributed by atoms with Gasteiger partial charge >= 0.3 is 5.97 Å². The number of fused-ring (bicyclic) bond motifs is 1. The van der Waals surface area contributed by atoms with Gasteiger partial charge in [0.15, 0.2) is 6.10 Å². The molecular weight excluding hydrogens is 424 g/mol. The van der Waals surface area contributed by atoms with E-state index >= 15 is 0 Å². The molecule has 1 fully saturated rings. The van der Waals surface area contributed by atoms with Crippen LogP contribution in [-0.4, -0.2) is 75.9 Å². The van der Waals surface area contributed by atoms with Crippen molar-refractivity contribution in [3.05, 3.63) is 53.6 Å². The van der Waals surface area contributed by atoms with Crippen LogP contribution in [0.3, 0.4) is 0 Å². The molecule has 5 N–H and O–H groups in total. The average Bonchev–Trinajstić information content (AvgIpc) is 2.79. The minimum atomic E-state index is -1.81. The van der Waals surface area contributed by atoms with Crippen LogP contribution in [0.4, 0.5) is 0 Å². The Bertz CT molecular complexity index is 962. The van der Waals surface area contributed by atoms with Gasteiger partial charge in [-0.25, -0.2) is 4.79 Å². The van der Waals surface area contributed by atoms with E-state index in [-0.39, 0.29) is 18.3 Å². The number of hydrogen-bond acceptors (Lipinski definition) is 9. The summed E-state index contributed by atoms with van der Waals surface area (Å²) in [4.78, 5) is 11.2. The van der Waals surface area contributed by atoms with Crippen LogP contribution in [0.15, 0.2) is 42.5 Å². The number of methoxy groups -OCH3 is 1. The molecule has 10 nitrogen and oxygen atoms in total. The van der Waals surface area contributed by atoms with E-state index < -0.39 is 42.8 Å². The van der Waals surface area contributed by atoms with Crippen LogP contribution in [0, 0.1) is 0 Å². The van der Waals surface area contributed by atoms with Gasteiger partial charge in [-0.3, -0.25) is 0 Å². The van der Waals surface area contributed by atoms with E-state index in [1.54, 1.807) is 25.3 Å². The van der Waals surface area contributed by atoms with Gasteiger partial charge in [-0.1, -0.05) is 12.1 Å². The summed E-state index contributed by atoms with van der Waals surface area (Å²) in [5.74, 6) is -0.566. The Morgan fingerprint density at radius 3 is 2.31 bits per heavy atom. The maximum atomic E-state index is 11.2. The number of aliphatic carboxylic acids is 1. The molecule has 4 rings (SSSR count). The van der Waals surface area contributed by atoms with Gasteiger partial charge in [-0.05, 0) is 29.8 Å². The Morgan fingerprint density at radius 1 is 0.969 bits per heavy atom. The summed E-state index contributed by atoms with van der Waals surface area (Å²) >= 11 is 0. The van der Waals surface area contributed by atoms with Gasteiger partial charge in [0.2, 0.25) is 6.29 Å². The topological polar surface area (TPSA) is 155 Å². The van der Waals surface area contributed by atoms with Gasteiger partial charge in [0.1, 0.15) is 35.6 Å². The zero-order valence-corrected chi connectivity index (χ0v) is 17.1. The molecule has 0 amide bonds. The van der Waals surface area contributed by atoms with E-state index in [0.29, 0.717) is 17.1 Å². The van der Waals surface area contributed by atoms with Crippen LogP contribution < -0.4 is 14.2 Å². The van der Waals surface area contributed by atoms with Crippen molar-refractivity contribution in [1.82, 2.24) is 0 Å². The lowest BCUT2D eigenvalue weighted by atomic mass is 9.87. The van der Waals surface area contributed by atoms with Crippen LogP contribution in [0.5, 0.6) is 17.2 Å². The van der Waals surface area contributed by atoms with E-state index in [1.807, 2.05) is 12.1 Å². The molecule has 2 aliphatic heterocycles. The van der Waals surface area contributed by atoms with Gasteiger partial charge < -0.3 is 44.5 Å². The van der Waals surface area contributed by atoms with Crippen molar-refractivity contribution in [1.29, 1.82) is 0 Å². The van der Waals surface area contributed by atoms with Crippen molar-refractivity contribution in [3.63, 3.8) is 0 Å². The van der Waals surface area contributed by atoms with Gasteiger partial charge in [0.05, 0.1) is 19.8 Å². The molecule has 0 saturated carbocycles. The van der Waals surface area contributed by atoms with Crippen LogP contribution in [0.2, 0.25) is 0 Å². The van der Waals surface area contributed by atoms with Gasteiger partial charge in [0.25, 0.3) is 0 Å². The molecule has 2 aromatic carbocycles. The van der Waals surface area contributed by atoms with Crippen LogP contribution in [0.25, 0.3) is 0 Å². The number of carboxylic acids is 1. The second-order valence-corrected chi connectivity index (χ2v) is 7.69. The molecule has 0 radical (unpaired) electrons. The standard InChI is InChI=1S/C22H24O10/c1-29-11-4-2-10(3-5-11)14-9-30-15-8-12(6-7-13(15)16(14)23)31-22-19(26)17(24)18(25)20(32-22)21(27)28/h2-8,14,16-20,22-26H,9H2,1H3,(H,27,28). The van der Waals surface area contributed by atoms with E-state index in [0.717, 1.165) is 5.56 Å². The Morgan fingerprint density at radius 2 is 1.66 bits per heavy atom. The highest BCUT2D eigenvalue weighted by molar-refractivity contribution is 5.73. The SMILES string of the molecule is COc1ccc(C2COc3cc(OC4OC(C(=O)O)C(O)C(O)C4O)ccc3C2O)cc1. The van der Waals surface area contributed by atoms with E-state index in [4.69, 9.17) is 24.1 Å². The normalized spacial score (nSPS) is 31.8. The van der Waals surface area contributed by atoms with Crippen molar-refractivity contribution in [3.8, 4) is 17.2 Å². The zero-order chi connectivity index (χ0) is 23.0. The summed E-state index contributed by atoms with van der Waals surface area (Å²) in [6.07, 6.45) is -9.39.